The van der Waals surface area contributed by atoms with Gasteiger partial charge in [0.1, 0.15) is 11.6 Å². The summed E-state index contributed by atoms with van der Waals surface area (Å²) >= 11 is 1.56. The second kappa shape index (κ2) is 7.23. The SMILES string of the molecule is O=C(CCCOc1ccc(F)cc1)NCc1cn2ccsc2n1. The Morgan fingerprint density at radius 1 is 1.35 bits per heavy atom. The predicted molar refractivity (Wildman–Crippen MR) is 86.0 cm³/mol. The van der Waals surface area contributed by atoms with Gasteiger partial charge in [-0.05, 0) is 30.7 Å². The number of carbonyl (C=O) groups excluding carboxylic acids is 1. The Labute approximate surface area is 136 Å². The molecule has 2 heterocycles. The third-order valence-electron chi connectivity index (χ3n) is 3.24. The van der Waals surface area contributed by atoms with Gasteiger partial charge >= 0.3 is 0 Å². The van der Waals surface area contributed by atoms with Gasteiger partial charge in [-0.15, -0.1) is 11.3 Å². The maximum atomic E-state index is 12.7. The zero-order valence-corrected chi connectivity index (χ0v) is 13.2. The van der Waals surface area contributed by atoms with Crippen LogP contribution in [0.4, 0.5) is 4.39 Å². The molecular formula is C16H16FN3O2S. The van der Waals surface area contributed by atoms with E-state index in [2.05, 4.69) is 10.3 Å². The van der Waals surface area contributed by atoms with Gasteiger partial charge in [0.15, 0.2) is 4.96 Å². The zero-order chi connectivity index (χ0) is 16.1. The number of nitrogens with one attached hydrogen (secondary N) is 1. The molecule has 23 heavy (non-hydrogen) atoms. The first kappa shape index (κ1) is 15.5. The number of nitrogens with zero attached hydrogens (tertiary/aromatic N) is 2. The third kappa shape index (κ3) is 4.29. The molecule has 2 aromatic heterocycles. The maximum Gasteiger partial charge on any atom is 0.220 e. The lowest BCUT2D eigenvalue weighted by molar-refractivity contribution is -0.121. The molecule has 0 unspecified atom stereocenters. The number of rotatable bonds is 7. The molecule has 3 rings (SSSR count). The van der Waals surface area contributed by atoms with Crippen molar-refractivity contribution in [3.63, 3.8) is 0 Å². The van der Waals surface area contributed by atoms with E-state index in [0.29, 0.717) is 31.7 Å². The van der Waals surface area contributed by atoms with Crippen LogP contribution in [0.3, 0.4) is 0 Å². The van der Waals surface area contributed by atoms with E-state index in [1.807, 2.05) is 22.2 Å². The number of fused-ring (bicyclic) bond motifs is 1. The van der Waals surface area contributed by atoms with Gasteiger partial charge in [-0.2, -0.15) is 0 Å². The average molecular weight is 333 g/mol. The quantitative estimate of drug-likeness (QED) is 0.676. The predicted octanol–water partition coefficient (Wildman–Crippen LogP) is 3.01. The van der Waals surface area contributed by atoms with Crippen molar-refractivity contribution in [1.29, 1.82) is 0 Å². The van der Waals surface area contributed by atoms with Gasteiger partial charge < -0.3 is 10.1 Å². The van der Waals surface area contributed by atoms with Crippen molar-refractivity contribution < 1.29 is 13.9 Å². The second-order valence-electron chi connectivity index (χ2n) is 5.01. The summed E-state index contributed by atoms with van der Waals surface area (Å²) in [4.78, 5) is 17.1. The van der Waals surface area contributed by atoms with Crippen molar-refractivity contribution in [3.05, 3.63) is 53.6 Å². The third-order valence-corrected chi connectivity index (χ3v) is 4.01. The number of hydrogen-bond donors (Lipinski definition) is 1. The number of ether oxygens (including phenoxy) is 1. The number of amides is 1. The summed E-state index contributed by atoms with van der Waals surface area (Å²) in [5.74, 6) is 0.268. The first-order chi connectivity index (χ1) is 11.2. The van der Waals surface area contributed by atoms with E-state index in [1.165, 1.54) is 12.1 Å². The molecular weight excluding hydrogens is 317 g/mol. The minimum atomic E-state index is -0.295. The molecule has 0 aliphatic carbocycles. The van der Waals surface area contributed by atoms with Crippen molar-refractivity contribution in [1.82, 2.24) is 14.7 Å². The van der Waals surface area contributed by atoms with Crippen LogP contribution in [0.1, 0.15) is 18.5 Å². The van der Waals surface area contributed by atoms with Crippen LogP contribution in [0.2, 0.25) is 0 Å². The van der Waals surface area contributed by atoms with Crippen LogP contribution in [0.15, 0.2) is 42.0 Å². The van der Waals surface area contributed by atoms with Crippen LogP contribution in [0.5, 0.6) is 5.75 Å². The number of carbonyl (C=O) groups is 1. The number of thiazole rings is 1. The molecule has 0 fully saturated rings. The summed E-state index contributed by atoms with van der Waals surface area (Å²) in [6.07, 6.45) is 4.82. The van der Waals surface area contributed by atoms with Gasteiger partial charge in [0.05, 0.1) is 18.8 Å². The molecule has 120 valence electrons. The van der Waals surface area contributed by atoms with Gasteiger partial charge in [0.2, 0.25) is 5.91 Å². The lowest BCUT2D eigenvalue weighted by Crippen LogP contribution is -2.23. The summed E-state index contributed by atoms with van der Waals surface area (Å²) in [6.45, 7) is 0.839. The van der Waals surface area contributed by atoms with Crippen molar-refractivity contribution in [2.24, 2.45) is 0 Å². The summed E-state index contributed by atoms with van der Waals surface area (Å²) in [6, 6.07) is 5.83. The number of imidazole rings is 1. The smallest absolute Gasteiger partial charge is 0.220 e. The lowest BCUT2D eigenvalue weighted by atomic mass is 10.3. The Morgan fingerprint density at radius 3 is 2.96 bits per heavy atom. The average Bonchev–Trinajstić information content (AvgIpc) is 3.12. The van der Waals surface area contributed by atoms with E-state index in [-0.39, 0.29) is 11.7 Å². The molecule has 1 amide bonds. The van der Waals surface area contributed by atoms with Crippen LogP contribution in [-0.4, -0.2) is 21.9 Å². The number of hydrogen-bond acceptors (Lipinski definition) is 4. The molecule has 0 aliphatic heterocycles. The zero-order valence-electron chi connectivity index (χ0n) is 12.4. The Morgan fingerprint density at radius 2 is 2.17 bits per heavy atom. The maximum absolute atomic E-state index is 12.7. The summed E-state index contributed by atoms with van der Waals surface area (Å²) < 4.78 is 20.1. The van der Waals surface area contributed by atoms with E-state index in [4.69, 9.17) is 4.74 Å². The van der Waals surface area contributed by atoms with Crippen LogP contribution in [-0.2, 0) is 11.3 Å². The Kier molecular flexibility index (Phi) is 4.87. The van der Waals surface area contributed by atoms with Crippen molar-refractivity contribution in [3.8, 4) is 5.75 Å². The van der Waals surface area contributed by atoms with Crippen molar-refractivity contribution in [2.75, 3.05) is 6.61 Å². The minimum absolute atomic E-state index is 0.0379. The summed E-state index contributed by atoms with van der Waals surface area (Å²) in [5.41, 5.74) is 0.841. The molecule has 0 spiro atoms. The van der Waals surface area contributed by atoms with Gasteiger partial charge in [-0.25, -0.2) is 9.37 Å². The van der Waals surface area contributed by atoms with Crippen LogP contribution >= 0.6 is 11.3 Å². The first-order valence-electron chi connectivity index (χ1n) is 7.27. The Bertz CT molecular complexity index is 754. The van der Waals surface area contributed by atoms with Crippen LogP contribution in [0, 0.1) is 5.82 Å². The van der Waals surface area contributed by atoms with Crippen molar-refractivity contribution >= 4 is 22.2 Å². The van der Waals surface area contributed by atoms with Crippen molar-refractivity contribution in [2.45, 2.75) is 19.4 Å². The Hall–Kier alpha value is -2.41. The van der Waals surface area contributed by atoms with E-state index < -0.39 is 0 Å². The second-order valence-corrected chi connectivity index (χ2v) is 5.88. The first-order valence-corrected chi connectivity index (χ1v) is 8.15. The summed E-state index contributed by atoms with van der Waals surface area (Å²) in [5, 5.41) is 4.80. The monoisotopic (exact) mass is 333 g/mol. The molecule has 0 bridgehead atoms. The highest BCUT2D eigenvalue weighted by Crippen LogP contribution is 2.12. The highest BCUT2D eigenvalue weighted by atomic mass is 32.1. The highest BCUT2D eigenvalue weighted by Gasteiger charge is 2.05. The van der Waals surface area contributed by atoms with E-state index in [1.54, 1.807) is 23.5 Å². The van der Waals surface area contributed by atoms with Gasteiger partial charge in [-0.1, -0.05) is 0 Å². The molecule has 1 aromatic carbocycles. The Balaban J connectivity index is 1.34. The van der Waals surface area contributed by atoms with Crippen LogP contribution < -0.4 is 10.1 Å². The number of halogens is 1. The molecule has 0 radical (unpaired) electrons. The van der Waals surface area contributed by atoms with E-state index >= 15 is 0 Å². The van der Waals surface area contributed by atoms with Gasteiger partial charge in [0, 0.05) is 24.2 Å². The standard InChI is InChI=1S/C16H16FN3O2S/c17-12-3-5-14(6-4-12)22-8-1-2-15(21)18-10-13-11-20-7-9-23-16(20)19-13/h3-7,9,11H,1-2,8,10H2,(H,18,21). The highest BCUT2D eigenvalue weighted by molar-refractivity contribution is 7.15. The normalized spacial score (nSPS) is 10.8. The number of benzene rings is 1. The van der Waals surface area contributed by atoms with E-state index in [9.17, 15) is 9.18 Å². The topological polar surface area (TPSA) is 55.6 Å². The van der Waals surface area contributed by atoms with Crippen LogP contribution in [0.25, 0.3) is 4.96 Å². The molecule has 7 heteroatoms. The fourth-order valence-electron chi connectivity index (χ4n) is 2.09. The summed E-state index contributed by atoms with van der Waals surface area (Å²) in [7, 11) is 0. The molecule has 3 aromatic rings. The minimum Gasteiger partial charge on any atom is -0.494 e. The molecule has 0 aliphatic rings. The fourth-order valence-corrected chi connectivity index (χ4v) is 2.81. The van der Waals surface area contributed by atoms with Gasteiger partial charge in [0.25, 0.3) is 0 Å². The lowest BCUT2D eigenvalue weighted by Gasteiger charge is -2.06. The number of aromatic nitrogens is 2. The molecule has 1 N–H and O–H groups in total. The van der Waals surface area contributed by atoms with Gasteiger partial charge in [-0.3, -0.25) is 9.20 Å². The fraction of sp³-hybridized carbons (Fsp3) is 0.250. The molecule has 5 nitrogen and oxygen atoms in total. The van der Waals surface area contributed by atoms with E-state index in [0.717, 1.165) is 10.7 Å². The molecule has 0 saturated heterocycles. The largest absolute Gasteiger partial charge is 0.494 e. The molecule has 0 atom stereocenters. The molecule has 0 saturated carbocycles.